The van der Waals surface area contributed by atoms with Crippen LogP contribution in [-0.2, 0) is 0 Å². The molecule has 1 aliphatic heterocycles. The number of hydrogen-bond acceptors (Lipinski definition) is 3. The van der Waals surface area contributed by atoms with E-state index in [1.807, 2.05) is 0 Å². The molecule has 5 heteroatoms. The van der Waals surface area contributed by atoms with Crippen molar-refractivity contribution in [1.29, 1.82) is 0 Å². The van der Waals surface area contributed by atoms with Gasteiger partial charge in [-0.2, -0.15) is 0 Å². The minimum atomic E-state index is -0.149. The second kappa shape index (κ2) is 6.38. The van der Waals surface area contributed by atoms with Crippen molar-refractivity contribution in [3.05, 3.63) is 22.6 Å². The predicted octanol–water partition coefficient (Wildman–Crippen LogP) is 2.65. The standard InChI is InChI=1S/C13H19BrN2O2/c1-10(16-7-3-2-4-8-16)9-15-13(17)11-5-6-12(14)18-11/h5-6,10H,2-4,7-9H2,1H3,(H,15,17). The molecule has 1 saturated heterocycles. The number of rotatable bonds is 4. The smallest absolute Gasteiger partial charge is 0.287 e. The van der Waals surface area contributed by atoms with E-state index < -0.39 is 0 Å². The van der Waals surface area contributed by atoms with Crippen molar-refractivity contribution in [2.24, 2.45) is 0 Å². The zero-order chi connectivity index (χ0) is 13.0. The first kappa shape index (κ1) is 13.6. The van der Waals surface area contributed by atoms with E-state index in [9.17, 15) is 4.79 Å². The highest BCUT2D eigenvalue weighted by Crippen LogP contribution is 2.14. The van der Waals surface area contributed by atoms with Gasteiger partial charge in [0.25, 0.3) is 5.91 Å². The summed E-state index contributed by atoms with van der Waals surface area (Å²) in [6.07, 6.45) is 3.86. The molecule has 0 saturated carbocycles. The van der Waals surface area contributed by atoms with Crippen molar-refractivity contribution in [1.82, 2.24) is 10.2 Å². The largest absolute Gasteiger partial charge is 0.444 e. The molecule has 1 aromatic heterocycles. The van der Waals surface area contributed by atoms with Crippen molar-refractivity contribution < 1.29 is 9.21 Å². The highest BCUT2D eigenvalue weighted by atomic mass is 79.9. The molecule has 1 amide bonds. The van der Waals surface area contributed by atoms with E-state index in [1.165, 1.54) is 19.3 Å². The second-order valence-electron chi connectivity index (χ2n) is 4.76. The SMILES string of the molecule is CC(CNC(=O)c1ccc(Br)o1)N1CCCCC1. The Bertz CT molecular complexity index is 399. The van der Waals surface area contributed by atoms with Crippen LogP contribution in [0.4, 0.5) is 0 Å². The molecule has 1 unspecified atom stereocenters. The molecule has 2 heterocycles. The summed E-state index contributed by atoms with van der Waals surface area (Å²) >= 11 is 3.19. The Balaban J connectivity index is 1.78. The summed E-state index contributed by atoms with van der Waals surface area (Å²) in [5, 5.41) is 2.91. The van der Waals surface area contributed by atoms with Gasteiger partial charge in [0.1, 0.15) is 0 Å². The minimum Gasteiger partial charge on any atom is -0.444 e. The van der Waals surface area contributed by atoms with Gasteiger partial charge >= 0.3 is 0 Å². The maximum absolute atomic E-state index is 11.8. The van der Waals surface area contributed by atoms with Gasteiger partial charge in [0.2, 0.25) is 0 Å². The van der Waals surface area contributed by atoms with Crippen molar-refractivity contribution in [2.75, 3.05) is 19.6 Å². The molecule has 0 radical (unpaired) electrons. The highest BCUT2D eigenvalue weighted by molar-refractivity contribution is 9.10. The van der Waals surface area contributed by atoms with Crippen LogP contribution in [0.5, 0.6) is 0 Å². The number of likely N-dealkylation sites (tertiary alicyclic amines) is 1. The average molecular weight is 315 g/mol. The van der Waals surface area contributed by atoms with Gasteiger partial charge in [-0.15, -0.1) is 0 Å². The third-order valence-electron chi connectivity index (χ3n) is 3.37. The molecule has 1 atom stereocenters. The first-order chi connectivity index (χ1) is 8.66. The monoisotopic (exact) mass is 314 g/mol. The molecule has 100 valence electrons. The fourth-order valence-electron chi connectivity index (χ4n) is 2.25. The summed E-state index contributed by atoms with van der Waals surface area (Å²) < 4.78 is 5.79. The molecule has 0 aromatic carbocycles. The Morgan fingerprint density at radius 3 is 2.78 bits per heavy atom. The molecule has 18 heavy (non-hydrogen) atoms. The quantitative estimate of drug-likeness (QED) is 0.929. The number of nitrogens with one attached hydrogen (secondary N) is 1. The van der Waals surface area contributed by atoms with E-state index in [2.05, 4.69) is 33.1 Å². The molecule has 2 rings (SSSR count). The van der Waals surface area contributed by atoms with Crippen molar-refractivity contribution in [3.63, 3.8) is 0 Å². The van der Waals surface area contributed by atoms with Crippen molar-refractivity contribution in [3.8, 4) is 0 Å². The highest BCUT2D eigenvalue weighted by Gasteiger charge is 2.18. The van der Waals surface area contributed by atoms with Crippen LogP contribution < -0.4 is 5.32 Å². The van der Waals surface area contributed by atoms with Gasteiger partial charge in [-0.05, 0) is 60.9 Å². The van der Waals surface area contributed by atoms with E-state index in [4.69, 9.17) is 4.42 Å². The summed E-state index contributed by atoms with van der Waals surface area (Å²) in [7, 11) is 0. The third-order valence-corrected chi connectivity index (χ3v) is 3.80. The number of nitrogens with zero attached hydrogens (tertiary/aromatic N) is 1. The van der Waals surface area contributed by atoms with E-state index >= 15 is 0 Å². The molecular weight excluding hydrogens is 296 g/mol. The number of amides is 1. The van der Waals surface area contributed by atoms with E-state index in [0.717, 1.165) is 13.1 Å². The lowest BCUT2D eigenvalue weighted by atomic mass is 10.1. The zero-order valence-corrected chi connectivity index (χ0v) is 12.2. The van der Waals surface area contributed by atoms with Crippen LogP contribution in [0.2, 0.25) is 0 Å². The van der Waals surface area contributed by atoms with E-state index in [1.54, 1.807) is 12.1 Å². The Hall–Kier alpha value is -0.810. The number of carbonyl (C=O) groups is 1. The van der Waals surface area contributed by atoms with Crippen LogP contribution >= 0.6 is 15.9 Å². The number of furan rings is 1. The van der Waals surface area contributed by atoms with Gasteiger partial charge in [0.05, 0.1) is 0 Å². The topological polar surface area (TPSA) is 45.5 Å². The Morgan fingerprint density at radius 1 is 1.44 bits per heavy atom. The number of carbonyl (C=O) groups excluding carboxylic acids is 1. The Morgan fingerprint density at radius 2 is 2.17 bits per heavy atom. The molecule has 0 spiro atoms. The first-order valence-corrected chi connectivity index (χ1v) is 7.23. The number of halogens is 1. The normalized spacial score (nSPS) is 18.6. The van der Waals surface area contributed by atoms with Crippen LogP contribution in [0.25, 0.3) is 0 Å². The van der Waals surface area contributed by atoms with Gasteiger partial charge in [-0.1, -0.05) is 6.42 Å². The maximum Gasteiger partial charge on any atom is 0.287 e. The molecule has 1 N–H and O–H groups in total. The molecule has 0 aliphatic carbocycles. The number of piperidine rings is 1. The van der Waals surface area contributed by atoms with Crippen molar-refractivity contribution >= 4 is 21.8 Å². The lowest BCUT2D eigenvalue weighted by Crippen LogP contribution is -2.44. The maximum atomic E-state index is 11.8. The molecule has 1 aliphatic rings. The molecule has 1 fully saturated rings. The van der Waals surface area contributed by atoms with Crippen LogP contribution in [0.1, 0.15) is 36.7 Å². The van der Waals surface area contributed by atoms with E-state index in [-0.39, 0.29) is 5.91 Å². The lowest BCUT2D eigenvalue weighted by molar-refractivity contribution is 0.0901. The fraction of sp³-hybridized carbons (Fsp3) is 0.615. The van der Waals surface area contributed by atoms with Crippen LogP contribution in [0, 0.1) is 0 Å². The summed E-state index contributed by atoms with van der Waals surface area (Å²) in [5.41, 5.74) is 0. The van der Waals surface area contributed by atoms with Gasteiger partial charge in [0.15, 0.2) is 10.4 Å². The third kappa shape index (κ3) is 3.59. The second-order valence-corrected chi connectivity index (χ2v) is 5.54. The summed E-state index contributed by atoms with van der Waals surface area (Å²) in [6, 6.07) is 3.78. The van der Waals surface area contributed by atoms with Gasteiger partial charge < -0.3 is 9.73 Å². The zero-order valence-electron chi connectivity index (χ0n) is 10.6. The lowest BCUT2D eigenvalue weighted by Gasteiger charge is -2.32. The molecular formula is C13H19BrN2O2. The Labute approximate surface area is 116 Å². The van der Waals surface area contributed by atoms with Crippen LogP contribution in [0.15, 0.2) is 21.2 Å². The minimum absolute atomic E-state index is 0.149. The van der Waals surface area contributed by atoms with Crippen LogP contribution in [0.3, 0.4) is 0 Å². The van der Waals surface area contributed by atoms with E-state index in [0.29, 0.717) is 23.0 Å². The fourth-order valence-corrected chi connectivity index (χ4v) is 2.56. The van der Waals surface area contributed by atoms with Gasteiger partial charge in [-0.25, -0.2) is 0 Å². The summed E-state index contributed by atoms with van der Waals surface area (Å²) in [5.74, 6) is 0.206. The molecule has 1 aromatic rings. The Kier molecular flexibility index (Phi) is 4.83. The van der Waals surface area contributed by atoms with Crippen LogP contribution in [-0.4, -0.2) is 36.5 Å². The van der Waals surface area contributed by atoms with Gasteiger partial charge in [-0.3, -0.25) is 9.69 Å². The average Bonchev–Trinajstić information content (AvgIpc) is 2.83. The predicted molar refractivity (Wildman–Crippen MR) is 73.6 cm³/mol. The van der Waals surface area contributed by atoms with Crippen molar-refractivity contribution in [2.45, 2.75) is 32.2 Å². The molecule has 0 bridgehead atoms. The number of hydrogen-bond donors (Lipinski definition) is 1. The molecule has 4 nitrogen and oxygen atoms in total. The summed E-state index contributed by atoms with van der Waals surface area (Å²) in [4.78, 5) is 14.2. The summed E-state index contributed by atoms with van der Waals surface area (Å²) in [6.45, 7) is 5.10. The van der Waals surface area contributed by atoms with Gasteiger partial charge in [0, 0.05) is 12.6 Å². The first-order valence-electron chi connectivity index (χ1n) is 6.44.